The number of hydrogen-bond acceptors (Lipinski definition) is 3. The van der Waals surface area contributed by atoms with Crippen LogP contribution in [-0.2, 0) is 4.79 Å². The number of carbonyl (C=O) groups excluding carboxylic acids is 1. The van der Waals surface area contributed by atoms with Gasteiger partial charge in [-0.3, -0.25) is 4.79 Å². The lowest BCUT2D eigenvalue weighted by Gasteiger charge is -2.11. The summed E-state index contributed by atoms with van der Waals surface area (Å²) in [6.45, 7) is 4.13. The second-order valence-corrected chi connectivity index (χ2v) is 5.01. The fourth-order valence-electron chi connectivity index (χ4n) is 2.29. The van der Waals surface area contributed by atoms with Crippen LogP contribution >= 0.6 is 12.4 Å². The van der Waals surface area contributed by atoms with Crippen molar-refractivity contribution in [3.05, 3.63) is 29.8 Å². The molecule has 1 unspecified atom stereocenters. The molecule has 1 aromatic rings. The minimum absolute atomic E-state index is 0. The van der Waals surface area contributed by atoms with E-state index in [1.54, 1.807) is 0 Å². The van der Waals surface area contributed by atoms with E-state index in [-0.39, 0.29) is 18.3 Å². The Kier molecular flexibility index (Phi) is 7.41. The maximum Gasteiger partial charge on any atom is 0.221 e. The average Bonchev–Trinajstić information content (AvgIpc) is 2.87. The maximum absolute atomic E-state index is 11.7. The Labute approximate surface area is 126 Å². The maximum atomic E-state index is 11.7. The van der Waals surface area contributed by atoms with E-state index < -0.39 is 0 Å². The van der Waals surface area contributed by atoms with Crippen molar-refractivity contribution in [2.24, 2.45) is 0 Å². The average molecular weight is 299 g/mol. The monoisotopic (exact) mass is 298 g/mol. The molecule has 1 aliphatic heterocycles. The summed E-state index contributed by atoms with van der Waals surface area (Å²) in [6.07, 6.45) is 2.85. The van der Waals surface area contributed by atoms with E-state index in [0.717, 1.165) is 18.7 Å². The number of carbonyl (C=O) groups is 1. The number of rotatable bonds is 6. The van der Waals surface area contributed by atoms with Crippen molar-refractivity contribution in [1.82, 2.24) is 10.6 Å². The molecule has 1 aliphatic rings. The molecular weight excluding hydrogens is 276 g/mol. The molecule has 0 aliphatic carbocycles. The Morgan fingerprint density at radius 2 is 2.35 bits per heavy atom. The number of nitrogens with one attached hydrogen (secondary N) is 2. The van der Waals surface area contributed by atoms with E-state index in [1.165, 1.54) is 12.0 Å². The number of ether oxygens (including phenoxy) is 1. The second kappa shape index (κ2) is 8.82. The summed E-state index contributed by atoms with van der Waals surface area (Å²) >= 11 is 0. The molecule has 2 N–H and O–H groups in total. The molecule has 2 rings (SSSR count). The molecule has 4 nitrogen and oxygen atoms in total. The van der Waals surface area contributed by atoms with Gasteiger partial charge in [0.25, 0.3) is 0 Å². The summed E-state index contributed by atoms with van der Waals surface area (Å²) in [5.41, 5.74) is 1.17. The number of amides is 1. The Morgan fingerprint density at radius 3 is 3.05 bits per heavy atom. The fourth-order valence-corrected chi connectivity index (χ4v) is 2.29. The molecule has 0 spiro atoms. The topological polar surface area (TPSA) is 50.4 Å². The van der Waals surface area contributed by atoms with Crippen LogP contribution in [0.25, 0.3) is 0 Å². The van der Waals surface area contributed by atoms with Crippen LogP contribution in [0.3, 0.4) is 0 Å². The minimum atomic E-state index is 0. The van der Waals surface area contributed by atoms with Crippen LogP contribution in [-0.4, -0.2) is 31.6 Å². The third kappa shape index (κ3) is 5.80. The lowest BCUT2D eigenvalue weighted by Crippen LogP contribution is -2.33. The third-order valence-corrected chi connectivity index (χ3v) is 3.28. The van der Waals surface area contributed by atoms with Crippen LogP contribution in [0.15, 0.2) is 24.3 Å². The van der Waals surface area contributed by atoms with Crippen LogP contribution in [0.4, 0.5) is 0 Å². The molecular formula is C15H23ClN2O2. The van der Waals surface area contributed by atoms with Crippen LogP contribution in [0.5, 0.6) is 5.75 Å². The van der Waals surface area contributed by atoms with Crippen molar-refractivity contribution >= 4 is 18.3 Å². The van der Waals surface area contributed by atoms with Gasteiger partial charge in [0.1, 0.15) is 12.4 Å². The van der Waals surface area contributed by atoms with Crippen LogP contribution in [0.1, 0.15) is 24.8 Å². The van der Waals surface area contributed by atoms with Crippen LogP contribution < -0.4 is 15.4 Å². The van der Waals surface area contributed by atoms with Gasteiger partial charge in [0.2, 0.25) is 5.91 Å². The quantitative estimate of drug-likeness (QED) is 0.790. The highest BCUT2D eigenvalue weighted by molar-refractivity contribution is 5.85. The van der Waals surface area contributed by atoms with Gasteiger partial charge in [-0.25, -0.2) is 0 Å². The van der Waals surface area contributed by atoms with Gasteiger partial charge >= 0.3 is 0 Å². The third-order valence-electron chi connectivity index (χ3n) is 3.28. The fraction of sp³-hybridized carbons (Fsp3) is 0.533. The SMILES string of the molecule is Cc1cccc(OCCNC(=O)CC2CCCN2)c1.Cl. The normalized spacial score (nSPS) is 17.4. The molecule has 0 aromatic heterocycles. The zero-order valence-electron chi connectivity index (χ0n) is 11.9. The van der Waals surface area contributed by atoms with Gasteiger partial charge in [-0.1, -0.05) is 12.1 Å². The largest absolute Gasteiger partial charge is 0.492 e. The molecule has 5 heteroatoms. The molecule has 0 radical (unpaired) electrons. The van der Waals surface area contributed by atoms with Gasteiger partial charge in [-0.2, -0.15) is 0 Å². The lowest BCUT2D eigenvalue weighted by molar-refractivity contribution is -0.121. The first-order chi connectivity index (χ1) is 9.24. The zero-order valence-corrected chi connectivity index (χ0v) is 12.7. The van der Waals surface area contributed by atoms with E-state index in [0.29, 0.717) is 25.6 Å². The lowest BCUT2D eigenvalue weighted by atomic mass is 10.1. The van der Waals surface area contributed by atoms with Crippen molar-refractivity contribution in [3.8, 4) is 5.75 Å². The Balaban J connectivity index is 0.00000200. The standard InChI is InChI=1S/C15H22N2O2.ClH/c1-12-4-2-6-14(10-12)19-9-8-17-15(18)11-13-5-3-7-16-13;/h2,4,6,10,13,16H,3,5,7-9,11H2,1H3,(H,17,18);1H. The first-order valence-corrected chi connectivity index (χ1v) is 6.93. The summed E-state index contributed by atoms with van der Waals surface area (Å²) < 4.78 is 5.58. The van der Waals surface area contributed by atoms with E-state index in [9.17, 15) is 4.79 Å². The van der Waals surface area contributed by atoms with Gasteiger partial charge < -0.3 is 15.4 Å². The number of benzene rings is 1. The van der Waals surface area contributed by atoms with Gasteiger partial charge in [-0.05, 0) is 44.0 Å². The molecule has 1 fully saturated rings. The second-order valence-electron chi connectivity index (χ2n) is 5.01. The molecule has 0 bridgehead atoms. The van der Waals surface area contributed by atoms with Crippen molar-refractivity contribution in [3.63, 3.8) is 0 Å². The van der Waals surface area contributed by atoms with Crippen LogP contribution in [0, 0.1) is 6.92 Å². The highest BCUT2D eigenvalue weighted by Crippen LogP contribution is 2.12. The van der Waals surface area contributed by atoms with Crippen molar-refractivity contribution in [2.75, 3.05) is 19.7 Å². The zero-order chi connectivity index (χ0) is 13.5. The summed E-state index contributed by atoms with van der Waals surface area (Å²) in [6, 6.07) is 8.28. The highest BCUT2D eigenvalue weighted by atomic mass is 35.5. The summed E-state index contributed by atoms with van der Waals surface area (Å²) in [7, 11) is 0. The molecule has 112 valence electrons. The van der Waals surface area contributed by atoms with Crippen molar-refractivity contribution in [2.45, 2.75) is 32.2 Å². The molecule has 1 heterocycles. The molecule has 0 saturated carbocycles. The Hall–Kier alpha value is -1.26. The van der Waals surface area contributed by atoms with Crippen molar-refractivity contribution < 1.29 is 9.53 Å². The van der Waals surface area contributed by atoms with Gasteiger partial charge in [-0.15, -0.1) is 12.4 Å². The molecule has 1 atom stereocenters. The first-order valence-electron chi connectivity index (χ1n) is 6.93. The first kappa shape index (κ1) is 16.8. The molecule has 1 aromatic carbocycles. The highest BCUT2D eigenvalue weighted by Gasteiger charge is 2.17. The van der Waals surface area contributed by atoms with E-state index in [1.807, 2.05) is 31.2 Å². The molecule has 20 heavy (non-hydrogen) atoms. The minimum Gasteiger partial charge on any atom is -0.492 e. The Bertz CT molecular complexity index is 420. The van der Waals surface area contributed by atoms with E-state index in [4.69, 9.17) is 4.74 Å². The predicted molar refractivity (Wildman–Crippen MR) is 82.6 cm³/mol. The Morgan fingerprint density at radius 1 is 1.50 bits per heavy atom. The van der Waals surface area contributed by atoms with Gasteiger partial charge in [0.15, 0.2) is 0 Å². The van der Waals surface area contributed by atoms with Crippen LogP contribution in [0.2, 0.25) is 0 Å². The summed E-state index contributed by atoms with van der Waals surface area (Å²) in [5, 5.41) is 6.21. The predicted octanol–water partition coefficient (Wildman–Crippen LogP) is 2.05. The molecule has 1 saturated heterocycles. The van der Waals surface area contributed by atoms with Crippen molar-refractivity contribution in [1.29, 1.82) is 0 Å². The number of halogens is 1. The number of hydrogen-bond donors (Lipinski definition) is 2. The summed E-state index contributed by atoms with van der Waals surface area (Å²) in [5.74, 6) is 0.957. The van der Waals surface area contributed by atoms with Gasteiger partial charge in [0, 0.05) is 12.5 Å². The van der Waals surface area contributed by atoms with E-state index in [2.05, 4.69) is 10.6 Å². The summed E-state index contributed by atoms with van der Waals surface area (Å²) in [4.78, 5) is 11.7. The molecule has 1 amide bonds. The number of aryl methyl sites for hydroxylation is 1. The smallest absolute Gasteiger partial charge is 0.221 e. The van der Waals surface area contributed by atoms with E-state index >= 15 is 0 Å². The van der Waals surface area contributed by atoms with Gasteiger partial charge in [0.05, 0.1) is 6.54 Å².